The molecular weight excluding hydrogens is 260 g/mol. The van der Waals surface area contributed by atoms with Crippen LogP contribution in [0.15, 0.2) is 6.20 Å². The van der Waals surface area contributed by atoms with Crippen molar-refractivity contribution >= 4 is 11.6 Å². The van der Waals surface area contributed by atoms with Gasteiger partial charge in [0.15, 0.2) is 0 Å². The van der Waals surface area contributed by atoms with E-state index in [1.165, 1.54) is 6.20 Å². The van der Waals surface area contributed by atoms with Gasteiger partial charge in [0.2, 0.25) is 5.91 Å². The molecule has 1 unspecified atom stereocenters. The summed E-state index contributed by atoms with van der Waals surface area (Å²) in [5.74, 6) is -0.105. The van der Waals surface area contributed by atoms with Gasteiger partial charge in [-0.3, -0.25) is 19.9 Å². The van der Waals surface area contributed by atoms with Gasteiger partial charge in [-0.2, -0.15) is 0 Å². The van der Waals surface area contributed by atoms with Gasteiger partial charge in [-0.1, -0.05) is 0 Å². The molecule has 0 bridgehead atoms. The van der Waals surface area contributed by atoms with Gasteiger partial charge in [-0.15, -0.1) is 0 Å². The maximum Gasteiger partial charge on any atom is 0.278 e. The Labute approximate surface area is 117 Å². The zero-order valence-corrected chi connectivity index (χ0v) is 12.2. The van der Waals surface area contributed by atoms with E-state index in [1.807, 2.05) is 6.92 Å². The van der Waals surface area contributed by atoms with E-state index >= 15 is 0 Å². The van der Waals surface area contributed by atoms with E-state index in [-0.39, 0.29) is 17.6 Å². The van der Waals surface area contributed by atoms with Gasteiger partial charge in [-0.25, -0.2) is 0 Å². The van der Waals surface area contributed by atoms with Gasteiger partial charge in [0.25, 0.3) is 5.69 Å². The SMILES string of the molecule is CCNC(=O)C(C)NCc1ncc(C)c([N+](=O)[O-])c1C. The van der Waals surface area contributed by atoms with Crippen molar-refractivity contribution in [2.24, 2.45) is 0 Å². The second-order valence-corrected chi connectivity index (χ2v) is 4.62. The number of aryl methyl sites for hydroxylation is 1. The van der Waals surface area contributed by atoms with Crippen LogP contribution in [0, 0.1) is 24.0 Å². The van der Waals surface area contributed by atoms with Crippen LogP contribution >= 0.6 is 0 Å². The van der Waals surface area contributed by atoms with Gasteiger partial charge in [-0.05, 0) is 27.7 Å². The molecule has 7 heteroatoms. The lowest BCUT2D eigenvalue weighted by atomic mass is 10.1. The van der Waals surface area contributed by atoms with Crippen molar-refractivity contribution in [1.29, 1.82) is 0 Å². The molecule has 1 aromatic heterocycles. The van der Waals surface area contributed by atoms with E-state index in [0.717, 1.165) is 0 Å². The number of hydrogen-bond donors (Lipinski definition) is 2. The fourth-order valence-electron chi connectivity index (χ4n) is 1.89. The Hall–Kier alpha value is -2.02. The fraction of sp³-hybridized carbons (Fsp3) is 0.538. The van der Waals surface area contributed by atoms with Crippen LogP contribution in [-0.4, -0.2) is 28.4 Å². The molecule has 0 aliphatic carbocycles. The molecule has 110 valence electrons. The topological polar surface area (TPSA) is 97.2 Å². The minimum Gasteiger partial charge on any atom is -0.355 e. The first-order chi connectivity index (χ1) is 9.38. The highest BCUT2D eigenvalue weighted by molar-refractivity contribution is 5.81. The average molecular weight is 280 g/mol. The standard InChI is InChI=1S/C13H20N4O3/c1-5-14-13(18)10(4)15-7-11-9(3)12(17(19)20)8(2)6-16-11/h6,10,15H,5,7H2,1-4H3,(H,14,18). The first kappa shape index (κ1) is 16.0. The largest absolute Gasteiger partial charge is 0.355 e. The Bertz CT molecular complexity index is 517. The third-order valence-corrected chi connectivity index (χ3v) is 3.08. The average Bonchev–Trinajstić information content (AvgIpc) is 2.37. The summed E-state index contributed by atoms with van der Waals surface area (Å²) in [5.41, 5.74) is 1.74. The number of hydrogen-bond acceptors (Lipinski definition) is 5. The Morgan fingerprint density at radius 2 is 2.15 bits per heavy atom. The Morgan fingerprint density at radius 1 is 1.50 bits per heavy atom. The Kier molecular flexibility index (Phi) is 5.57. The summed E-state index contributed by atoms with van der Waals surface area (Å²) in [6.45, 7) is 7.80. The van der Waals surface area contributed by atoms with Crippen molar-refractivity contribution in [2.75, 3.05) is 6.54 Å². The quantitative estimate of drug-likeness (QED) is 0.603. The molecule has 0 fully saturated rings. The number of amides is 1. The lowest BCUT2D eigenvalue weighted by Crippen LogP contribution is -2.41. The van der Waals surface area contributed by atoms with Crippen molar-refractivity contribution in [1.82, 2.24) is 15.6 Å². The first-order valence-corrected chi connectivity index (χ1v) is 6.49. The zero-order valence-electron chi connectivity index (χ0n) is 12.2. The highest BCUT2D eigenvalue weighted by atomic mass is 16.6. The Balaban J connectivity index is 2.82. The van der Waals surface area contributed by atoms with Crippen molar-refractivity contribution in [2.45, 2.75) is 40.3 Å². The van der Waals surface area contributed by atoms with Gasteiger partial charge >= 0.3 is 0 Å². The van der Waals surface area contributed by atoms with Gasteiger partial charge in [0.1, 0.15) is 0 Å². The number of nitrogens with zero attached hydrogens (tertiary/aromatic N) is 2. The van der Waals surface area contributed by atoms with Crippen LogP contribution < -0.4 is 10.6 Å². The van der Waals surface area contributed by atoms with Crippen LogP contribution in [0.2, 0.25) is 0 Å². The van der Waals surface area contributed by atoms with Gasteiger partial charge in [0.05, 0.1) is 16.7 Å². The predicted octanol–water partition coefficient (Wildman–Crippen LogP) is 1.22. The van der Waals surface area contributed by atoms with E-state index in [9.17, 15) is 14.9 Å². The molecular formula is C13H20N4O3. The molecule has 0 aromatic carbocycles. The minimum absolute atomic E-state index is 0.0856. The monoisotopic (exact) mass is 280 g/mol. The summed E-state index contributed by atoms with van der Waals surface area (Å²) in [6.07, 6.45) is 1.49. The summed E-state index contributed by atoms with van der Waals surface area (Å²) in [4.78, 5) is 26.4. The first-order valence-electron chi connectivity index (χ1n) is 6.49. The van der Waals surface area contributed by atoms with Gasteiger partial charge < -0.3 is 10.6 Å². The third-order valence-electron chi connectivity index (χ3n) is 3.08. The zero-order chi connectivity index (χ0) is 15.3. The summed E-state index contributed by atoms with van der Waals surface area (Å²) in [5, 5.41) is 16.7. The van der Waals surface area contributed by atoms with E-state index in [1.54, 1.807) is 20.8 Å². The molecule has 0 spiro atoms. The van der Waals surface area contributed by atoms with E-state index in [0.29, 0.717) is 29.9 Å². The highest BCUT2D eigenvalue weighted by Crippen LogP contribution is 2.23. The van der Waals surface area contributed by atoms with Gasteiger partial charge in [0, 0.05) is 30.4 Å². The predicted molar refractivity (Wildman–Crippen MR) is 75.4 cm³/mol. The number of nitro groups is 1. The molecule has 0 saturated carbocycles. The van der Waals surface area contributed by atoms with Crippen LogP contribution in [0.25, 0.3) is 0 Å². The number of rotatable bonds is 6. The normalized spacial score (nSPS) is 12.0. The van der Waals surface area contributed by atoms with Crippen LogP contribution in [0.4, 0.5) is 5.69 Å². The molecule has 1 atom stereocenters. The summed E-state index contributed by atoms with van der Waals surface area (Å²) in [6, 6.07) is -0.378. The molecule has 0 radical (unpaired) electrons. The second-order valence-electron chi connectivity index (χ2n) is 4.62. The number of carbonyl (C=O) groups excluding carboxylic acids is 1. The van der Waals surface area contributed by atoms with E-state index in [2.05, 4.69) is 15.6 Å². The molecule has 20 heavy (non-hydrogen) atoms. The van der Waals surface area contributed by atoms with E-state index in [4.69, 9.17) is 0 Å². The molecule has 1 amide bonds. The molecule has 1 heterocycles. The van der Waals surface area contributed by atoms with E-state index < -0.39 is 4.92 Å². The molecule has 0 aliphatic rings. The molecule has 2 N–H and O–H groups in total. The molecule has 0 saturated heterocycles. The van der Waals surface area contributed by atoms with Crippen LogP contribution in [0.1, 0.15) is 30.7 Å². The molecule has 7 nitrogen and oxygen atoms in total. The van der Waals surface area contributed by atoms with Crippen LogP contribution in [0.3, 0.4) is 0 Å². The molecule has 1 rings (SSSR count). The van der Waals surface area contributed by atoms with Crippen molar-refractivity contribution < 1.29 is 9.72 Å². The lowest BCUT2D eigenvalue weighted by molar-refractivity contribution is -0.386. The lowest BCUT2D eigenvalue weighted by Gasteiger charge is -2.14. The van der Waals surface area contributed by atoms with Crippen molar-refractivity contribution in [3.8, 4) is 0 Å². The maximum atomic E-state index is 11.6. The Morgan fingerprint density at radius 3 is 2.70 bits per heavy atom. The second kappa shape index (κ2) is 6.95. The van der Waals surface area contributed by atoms with Crippen molar-refractivity contribution in [3.05, 3.63) is 33.1 Å². The third kappa shape index (κ3) is 3.74. The number of nitrogens with one attached hydrogen (secondary N) is 2. The number of likely N-dealkylation sites (N-methyl/N-ethyl adjacent to an activating group) is 1. The fourth-order valence-corrected chi connectivity index (χ4v) is 1.89. The summed E-state index contributed by atoms with van der Waals surface area (Å²) < 4.78 is 0. The molecule has 1 aromatic rings. The minimum atomic E-state index is -0.400. The maximum absolute atomic E-state index is 11.6. The van der Waals surface area contributed by atoms with Crippen LogP contribution in [0.5, 0.6) is 0 Å². The number of carbonyl (C=O) groups is 1. The number of aromatic nitrogens is 1. The highest BCUT2D eigenvalue weighted by Gasteiger charge is 2.19. The molecule has 0 aliphatic heterocycles. The summed E-state index contributed by atoms with van der Waals surface area (Å²) in [7, 11) is 0. The number of pyridine rings is 1. The summed E-state index contributed by atoms with van der Waals surface area (Å²) >= 11 is 0. The van der Waals surface area contributed by atoms with Crippen LogP contribution in [-0.2, 0) is 11.3 Å². The smallest absolute Gasteiger partial charge is 0.278 e. The van der Waals surface area contributed by atoms with Crippen molar-refractivity contribution in [3.63, 3.8) is 0 Å².